The fourth-order valence-corrected chi connectivity index (χ4v) is 6.04. The fraction of sp³-hybridized carbons (Fsp3) is 0.290. The summed E-state index contributed by atoms with van der Waals surface area (Å²) in [5, 5.41) is 19.0. The molecule has 40 heavy (non-hydrogen) atoms. The van der Waals surface area contributed by atoms with Gasteiger partial charge in [0.2, 0.25) is 0 Å². The van der Waals surface area contributed by atoms with Crippen molar-refractivity contribution in [3.05, 3.63) is 90.5 Å². The first-order chi connectivity index (χ1) is 19.6. The highest BCUT2D eigenvalue weighted by molar-refractivity contribution is 7.21. The topological polar surface area (TPSA) is 77.5 Å². The Balaban J connectivity index is 0.945. The number of H-pyrrole nitrogens is 1. The summed E-state index contributed by atoms with van der Waals surface area (Å²) in [6, 6.07) is 22.6. The molecule has 1 atom stereocenters. The molecule has 0 aliphatic carbocycles. The number of piperazine rings is 1. The molecule has 0 saturated carbocycles. The van der Waals surface area contributed by atoms with E-state index in [9.17, 15) is 9.50 Å². The second kappa shape index (κ2) is 12.3. The van der Waals surface area contributed by atoms with Crippen molar-refractivity contribution in [2.75, 3.05) is 45.9 Å². The van der Waals surface area contributed by atoms with Crippen molar-refractivity contribution < 1.29 is 14.2 Å². The van der Waals surface area contributed by atoms with Crippen molar-refractivity contribution in [1.29, 1.82) is 0 Å². The molecule has 206 valence electrons. The maximum atomic E-state index is 13.3. The van der Waals surface area contributed by atoms with Crippen molar-refractivity contribution in [3.63, 3.8) is 0 Å². The molecule has 0 spiro atoms. The Morgan fingerprint density at radius 3 is 2.52 bits per heavy atom. The zero-order valence-electron chi connectivity index (χ0n) is 22.2. The van der Waals surface area contributed by atoms with E-state index < -0.39 is 6.10 Å². The van der Waals surface area contributed by atoms with Crippen LogP contribution in [0.2, 0.25) is 0 Å². The highest BCUT2D eigenvalue weighted by Gasteiger charge is 2.20. The van der Waals surface area contributed by atoms with Gasteiger partial charge in [-0.15, -0.1) is 11.3 Å². The SMILES string of the molecule is O[C@@H](COc1ccc2sc(-c3ccccc3)nc2c1)CN1CCN(CCc2n[nH]cc2-c2ccc(F)cc2)CC1. The van der Waals surface area contributed by atoms with Crippen molar-refractivity contribution in [3.8, 4) is 27.4 Å². The van der Waals surface area contributed by atoms with E-state index >= 15 is 0 Å². The minimum Gasteiger partial charge on any atom is -0.491 e. The van der Waals surface area contributed by atoms with Crippen LogP contribution in [0.4, 0.5) is 4.39 Å². The number of benzene rings is 3. The van der Waals surface area contributed by atoms with Gasteiger partial charge in [0, 0.05) is 69.1 Å². The predicted octanol–water partition coefficient (Wildman–Crippen LogP) is 5.09. The summed E-state index contributed by atoms with van der Waals surface area (Å²) in [5.41, 5.74) is 5.00. The molecule has 9 heteroatoms. The van der Waals surface area contributed by atoms with Gasteiger partial charge in [-0.25, -0.2) is 9.37 Å². The number of thiazole rings is 1. The van der Waals surface area contributed by atoms with Gasteiger partial charge in [-0.1, -0.05) is 42.5 Å². The number of aliphatic hydroxyl groups is 1. The Morgan fingerprint density at radius 2 is 1.73 bits per heavy atom. The Bertz CT molecular complexity index is 1530. The number of nitrogens with one attached hydrogen (secondary N) is 1. The minimum absolute atomic E-state index is 0.238. The van der Waals surface area contributed by atoms with Gasteiger partial charge in [0.1, 0.15) is 29.3 Å². The summed E-state index contributed by atoms with van der Waals surface area (Å²) in [6.45, 7) is 5.41. The summed E-state index contributed by atoms with van der Waals surface area (Å²) in [7, 11) is 0. The molecule has 2 N–H and O–H groups in total. The van der Waals surface area contributed by atoms with Crippen molar-refractivity contribution >= 4 is 21.6 Å². The summed E-state index contributed by atoms with van der Waals surface area (Å²) < 4.78 is 20.3. The van der Waals surface area contributed by atoms with Crippen LogP contribution in [-0.4, -0.2) is 82.1 Å². The third kappa shape index (κ3) is 6.39. The zero-order valence-corrected chi connectivity index (χ0v) is 23.0. The second-order valence-electron chi connectivity index (χ2n) is 10.1. The molecule has 2 aromatic heterocycles. The lowest BCUT2D eigenvalue weighted by molar-refractivity contribution is 0.0463. The lowest BCUT2D eigenvalue weighted by atomic mass is 10.0. The van der Waals surface area contributed by atoms with Gasteiger partial charge in [-0.3, -0.25) is 10.00 Å². The highest BCUT2D eigenvalue weighted by atomic mass is 32.1. The number of nitrogens with zero attached hydrogens (tertiary/aromatic N) is 4. The molecule has 7 nitrogen and oxygen atoms in total. The number of hydrogen-bond acceptors (Lipinski definition) is 7. The first kappa shape index (κ1) is 26.6. The van der Waals surface area contributed by atoms with Crippen LogP contribution >= 0.6 is 11.3 Å². The summed E-state index contributed by atoms with van der Waals surface area (Å²) >= 11 is 1.67. The quantitative estimate of drug-likeness (QED) is 0.249. The maximum absolute atomic E-state index is 13.3. The van der Waals surface area contributed by atoms with Crippen molar-refractivity contribution in [2.24, 2.45) is 0 Å². The molecular formula is C31H32FN5O2S. The van der Waals surface area contributed by atoms with Crippen LogP contribution in [-0.2, 0) is 6.42 Å². The largest absolute Gasteiger partial charge is 0.491 e. The molecule has 0 bridgehead atoms. The molecule has 0 radical (unpaired) electrons. The summed E-state index contributed by atoms with van der Waals surface area (Å²) in [5.74, 6) is 0.484. The van der Waals surface area contributed by atoms with E-state index in [4.69, 9.17) is 9.72 Å². The number of fused-ring (bicyclic) bond motifs is 1. The lowest BCUT2D eigenvalue weighted by Crippen LogP contribution is -2.49. The zero-order chi connectivity index (χ0) is 27.3. The van der Waals surface area contributed by atoms with E-state index in [0.717, 1.165) is 82.5 Å². The van der Waals surface area contributed by atoms with Crippen molar-refractivity contribution in [2.45, 2.75) is 12.5 Å². The molecule has 1 saturated heterocycles. The number of aliphatic hydroxyl groups excluding tert-OH is 1. The van der Waals surface area contributed by atoms with Gasteiger partial charge in [-0.05, 0) is 29.8 Å². The van der Waals surface area contributed by atoms with E-state index in [2.05, 4.69) is 32.1 Å². The van der Waals surface area contributed by atoms with Crippen LogP contribution < -0.4 is 4.74 Å². The normalized spacial score (nSPS) is 15.4. The van der Waals surface area contributed by atoms with Gasteiger partial charge in [0.25, 0.3) is 0 Å². The van der Waals surface area contributed by atoms with E-state index in [1.165, 1.54) is 12.1 Å². The third-order valence-corrected chi connectivity index (χ3v) is 8.38. The third-order valence-electron chi connectivity index (χ3n) is 7.30. The smallest absolute Gasteiger partial charge is 0.124 e. The Kier molecular flexibility index (Phi) is 8.15. The van der Waals surface area contributed by atoms with Crippen LogP contribution in [0.25, 0.3) is 31.9 Å². The summed E-state index contributed by atoms with van der Waals surface area (Å²) in [6.07, 6.45) is 2.13. The summed E-state index contributed by atoms with van der Waals surface area (Å²) in [4.78, 5) is 9.49. The van der Waals surface area contributed by atoms with Crippen LogP contribution in [0.3, 0.4) is 0 Å². The molecule has 3 aromatic carbocycles. The van der Waals surface area contributed by atoms with Gasteiger partial charge < -0.3 is 14.7 Å². The van der Waals surface area contributed by atoms with E-state index in [-0.39, 0.29) is 12.4 Å². The first-order valence-electron chi connectivity index (χ1n) is 13.6. The number of ether oxygens (including phenoxy) is 1. The van der Waals surface area contributed by atoms with Crippen LogP contribution in [0, 0.1) is 5.82 Å². The molecule has 6 rings (SSSR count). The molecule has 1 aliphatic rings. The molecule has 1 aliphatic heterocycles. The minimum atomic E-state index is -0.570. The molecule has 1 fully saturated rings. The second-order valence-corrected chi connectivity index (χ2v) is 11.2. The lowest BCUT2D eigenvalue weighted by Gasteiger charge is -2.35. The van der Waals surface area contributed by atoms with Crippen LogP contribution in [0.1, 0.15) is 5.69 Å². The Hall–Kier alpha value is -3.63. The maximum Gasteiger partial charge on any atom is 0.124 e. The van der Waals surface area contributed by atoms with Gasteiger partial charge >= 0.3 is 0 Å². The standard InChI is InChI=1S/C31H32FN5O2S/c32-24-8-6-22(7-9-24)27-19-33-35-28(27)12-13-36-14-16-37(17-15-36)20-25(38)21-39-26-10-11-30-29(18-26)34-31(40-30)23-4-2-1-3-5-23/h1-11,18-19,25,38H,12-17,20-21H2,(H,33,35)/t25-/m1/s1. The van der Waals surface area contributed by atoms with Crippen LogP contribution in [0.5, 0.6) is 5.75 Å². The number of halogens is 1. The molecule has 5 aromatic rings. The highest BCUT2D eigenvalue weighted by Crippen LogP contribution is 2.32. The van der Waals surface area contributed by atoms with E-state index in [1.54, 1.807) is 23.5 Å². The number of rotatable bonds is 10. The van der Waals surface area contributed by atoms with E-state index in [0.29, 0.717) is 6.54 Å². The molecule has 0 unspecified atom stereocenters. The van der Waals surface area contributed by atoms with E-state index in [1.807, 2.05) is 42.6 Å². The van der Waals surface area contributed by atoms with Crippen LogP contribution in [0.15, 0.2) is 79.0 Å². The van der Waals surface area contributed by atoms with Crippen molar-refractivity contribution in [1.82, 2.24) is 25.0 Å². The molecule has 0 amide bonds. The molecule has 3 heterocycles. The van der Waals surface area contributed by atoms with Gasteiger partial charge in [-0.2, -0.15) is 5.10 Å². The number of aromatic amines is 1. The average Bonchev–Trinajstić information content (AvgIpc) is 3.64. The first-order valence-corrected chi connectivity index (χ1v) is 14.4. The molecular weight excluding hydrogens is 525 g/mol. The monoisotopic (exact) mass is 557 g/mol. The average molecular weight is 558 g/mol. The number of β-amino-alcohol motifs (C(OH)–C–C–N with tert-alkyl or cyclic N) is 1. The number of hydrogen-bond donors (Lipinski definition) is 2. The number of aromatic nitrogens is 3. The fourth-order valence-electron chi connectivity index (χ4n) is 5.09. The Morgan fingerprint density at radius 1 is 0.950 bits per heavy atom. The Labute approximate surface area is 236 Å². The predicted molar refractivity (Wildman–Crippen MR) is 157 cm³/mol. The van der Waals surface area contributed by atoms with Gasteiger partial charge in [0.05, 0.1) is 15.9 Å². The van der Waals surface area contributed by atoms with Gasteiger partial charge in [0.15, 0.2) is 0 Å².